The third-order valence-electron chi connectivity index (χ3n) is 5.07. The predicted molar refractivity (Wildman–Crippen MR) is 107 cm³/mol. The first-order valence-electron chi connectivity index (χ1n) is 9.12. The average molecular weight is 392 g/mol. The van der Waals surface area contributed by atoms with E-state index in [1.807, 2.05) is 6.07 Å². The zero-order valence-electron chi connectivity index (χ0n) is 16.2. The highest BCUT2D eigenvalue weighted by Crippen LogP contribution is 2.34. The van der Waals surface area contributed by atoms with E-state index >= 15 is 0 Å². The number of aryl methyl sites for hydroxylation is 2. The second-order valence-corrected chi connectivity index (χ2v) is 7.01. The van der Waals surface area contributed by atoms with Gasteiger partial charge in [-0.1, -0.05) is 18.2 Å². The van der Waals surface area contributed by atoms with E-state index in [4.69, 9.17) is 4.42 Å². The van der Waals surface area contributed by atoms with Gasteiger partial charge < -0.3 is 14.6 Å². The Morgan fingerprint density at radius 1 is 0.897 bits per heavy atom. The molecule has 3 heterocycles. The number of carbonyl (C=O) groups excluding carboxylic acids is 1. The van der Waals surface area contributed by atoms with Crippen molar-refractivity contribution in [3.8, 4) is 11.3 Å². The molecule has 4 N–H and O–H groups in total. The van der Waals surface area contributed by atoms with Crippen molar-refractivity contribution < 1.29 is 9.21 Å². The lowest BCUT2D eigenvalue weighted by atomic mass is 9.89. The second-order valence-electron chi connectivity index (χ2n) is 7.01. The molecule has 0 bridgehead atoms. The van der Waals surface area contributed by atoms with Crippen LogP contribution in [-0.2, 0) is 0 Å². The van der Waals surface area contributed by atoms with E-state index in [0.29, 0.717) is 39.6 Å². The van der Waals surface area contributed by atoms with Crippen LogP contribution in [-0.4, -0.2) is 26.2 Å². The quantitative estimate of drug-likeness (QED) is 0.389. The third kappa shape index (κ3) is 3.18. The summed E-state index contributed by atoms with van der Waals surface area (Å²) in [5.41, 5.74) is 2.75. The van der Waals surface area contributed by atoms with Gasteiger partial charge in [0.2, 0.25) is 0 Å². The molecule has 4 aromatic rings. The third-order valence-corrected chi connectivity index (χ3v) is 5.07. The lowest BCUT2D eigenvalue weighted by molar-refractivity contribution is 0.101. The molecule has 0 aliphatic rings. The van der Waals surface area contributed by atoms with Crippen LogP contribution in [0, 0.1) is 13.8 Å². The Morgan fingerprint density at radius 2 is 1.52 bits per heavy atom. The summed E-state index contributed by atoms with van der Waals surface area (Å²) in [4.78, 5) is 36.7. The first-order chi connectivity index (χ1) is 13.9. The average Bonchev–Trinajstić information content (AvgIpc) is 3.39. The Bertz CT molecular complexity index is 1260. The van der Waals surface area contributed by atoms with Crippen LogP contribution in [0.2, 0.25) is 0 Å². The lowest BCUT2D eigenvalue weighted by Gasteiger charge is -2.12. The number of aromatic amines is 4. The number of hydrogen-bond acceptors (Lipinski definition) is 4. The Labute approximate surface area is 165 Å². The summed E-state index contributed by atoms with van der Waals surface area (Å²) in [5.74, 6) is 0.266. The van der Waals surface area contributed by atoms with Gasteiger partial charge in [0.1, 0.15) is 11.5 Å². The van der Waals surface area contributed by atoms with E-state index in [2.05, 4.69) is 20.4 Å². The number of benzene rings is 1. The van der Waals surface area contributed by atoms with E-state index in [0.717, 1.165) is 5.56 Å². The molecule has 148 valence electrons. The van der Waals surface area contributed by atoms with E-state index < -0.39 is 5.92 Å². The minimum absolute atomic E-state index is 0.0412. The van der Waals surface area contributed by atoms with E-state index in [9.17, 15) is 14.4 Å². The van der Waals surface area contributed by atoms with Gasteiger partial charge in [-0.25, -0.2) is 0 Å². The molecule has 0 unspecified atom stereocenters. The summed E-state index contributed by atoms with van der Waals surface area (Å²) in [5, 5.41) is 10.7. The van der Waals surface area contributed by atoms with Gasteiger partial charge in [-0.2, -0.15) is 0 Å². The zero-order chi connectivity index (χ0) is 20.7. The molecule has 0 fully saturated rings. The standard InChI is InChI=1S/C21H20N4O4/c1-10-17(20(27)24-22-10)19(18-11(2)23-25-21(18)28)16-8-7-15(29-16)14-6-4-5-13(9-14)12(3)26/h4-9,19H,1-3H3,(H2,22,24,27)(H2,23,25,28). The van der Waals surface area contributed by atoms with Crippen molar-refractivity contribution in [3.05, 3.63) is 90.9 Å². The molecule has 8 nitrogen and oxygen atoms in total. The molecule has 1 aromatic carbocycles. The summed E-state index contributed by atoms with van der Waals surface area (Å²) in [6.07, 6.45) is 0. The molecule has 29 heavy (non-hydrogen) atoms. The molecule has 4 rings (SSSR count). The smallest absolute Gasteiger partial charge is 0.268 e. The number of H-pyrrole nitrogens is 4. The van der Waals surface area contributed by atoms with Crippen molar-refractivity contribution in [2.45, 2.75) is 26.7 Å². The van der Waals surface area contributed by atoms with Gasteiger partial charge in [0.05, 0.1) is 17.0 Å². The molecular weight excluding hydrogens is 372 g/mol. The van der Waals surface area contributed by atoms with Crippen molar-refractivity contribution in [1.29, 1.82) is 0 Å². The van der Waals surface area contributed by atoms with Crippen molar-refractivity contribution in [1.82, 2.24) is 20.4 Å². The van der Waals surface area contributed by atoms with Crippen LogP contribution < -0.4 is 11.1 Å². The molecule has 0 saturated heterocycles. The highest BCUT2D eigenvalue weighted by atomic mass is 16.3. The monoisotopic (exact) mass is 392 g/mol. The van der Waals surface area contributed by atoms with Crippen molar-refractivity contribution in [2.75, 3.05) is 0 Å². The Hall–Kier alpha value is -3.81. The molecule has 0 radical (unpaired) electrons. The maximum atomic E-state index is 12.5. The number of nitrogens with one attached hydrogen (secondary N) is 4. The van der Waals surface area contributed by atoms with E-state index in [1.165, 1.54) is 6.92 Å². The van der Waals surface area contributed by atoms with Crippen molar-refractivity contribution in [3.63, 3.8) is 0 Å². The molecular formula is C21H20N4O4. The lowest BCUT2D eigenvalue weighted by Crippen LogP contribution is -2.19. The van der Waals surface area contributed by atoms with Gasteiger partial charge in [0.25, 0.3) is 11.1 Å². The van der Waals surface area contributed by atoms with Crippen LogP contribution in [0.25, 0.3) is 11.3 Å². The molecule has 0 aliphatic heterocycles. The number of rotatable bonds is 5. The number of carbonyl (C=O) groups is 1. The van der Waals surface area contributed by atoms with Crippen LogP contribution >= 0.6 is 0 Å². The topological polar surface area (TPSA) is 128 Å². The molecule has 0 spiro atoms. The van der Waals surface area contributed by atoms with Gasteiger partial charge in [0.15, 0.2) is 5.78 Å². The number of hydrogen-bond donors (Lipinski definition) is 4. The number of Topliss-reactive ketones (excluding diaryl/α,β-unsaturated/α-hetero) is 1. The number of furan rings is 1. The van der Waals surface area contributed by atoms with Gasteiger partial charge in [-0.15, -0.1) is 0 Å². The fraction of sp³-hybridized carbons (Fsp3) is 0.190. The Morgan fingerprint density at radius 3 is 2.03 bits per heavy atom. The van der Waals surface area contributed by atoms with Gasteiger partial charge >= 0.3 is 0 Å². The van der Waals surface area contributed by atoms with Gasteiger partial charge in [-0.3, -0.25) is 24.6 Å². The molecule has 0 atom stereocenters. The maximum Gasteiger partial charge on any atom is 0.268 e. The second kappa shape index (κ2) is 6.97. The minimum Gasteiger partial charge on any atom is -0.460 e. The SMILES string of the molecule is CC(=O)c1cccc(-c2ccc(C(c3c(C)[nH][nH]c3=O)c3c(C)[nH][nH]c3=O)o2)c1. The highest BCUT2D eigenvalue weighted by Gasteiger charge is 2.30. The van der Waals surface area contributed by atoms with E-state index in [-0.39, 0.29) is 16.9 Å². The molecule has 0 amide bonds. The van der Waals surface area contributed by atoms with Crippen LogP contribution in [0.3, 0.4) is 0 Å². The van der Waals surface area contributed by atoms with Crippen LogP contribution in [0.5, 0.6) is 0 Å². The summed E-state index contributed by atoms with van der Waals surface area (Å²) >= 11 is 0. The summed E-state index contributed by atoms with van der Waals surface area (Å²) in [6, 6.07) is 10.6. The fourth-order valence-electron chi connectivity index (χ4n) is 3.59. The van der Waals surface area contributed by atoms with Crippen LogP contribution in [0.1, 0.15) is 51.5 Å². The van der Waals surface area contributed by atoms with Crippen LogP contribution in [0.4, 0.5) is 0 Å². The minimum atomic E-state index is -0.690. The first-order valence-corrected chi connectivity index (χ1v) is 9.12. The summed E-state index contributed by atoms with van der Waals surface area (Å²) in [6.45, 7) is 5.03. The molecule has 0 saturated carbocycles. The van der Waals surface area contributed by atoms with E-state index in [1.54, 1.807) is 44.2 Å². The van der Waals surface area contributed by atoms with Crippen molar-refractivity contribution in [2.24, 2.45) is 0 Å². The summed E-state index contributed by atoms with van der Waals surface area (Å²) < 4.78 is 6.09. The van der Waals surface area contributed by atoms with Gasteiger partial charge in [0, 0.05) is 22.5 Å². The normalized spacial score (nSPS) is 11.3. The fourth-order valence-corrected chi connectivity index (χ4v) is 3.59. The first kappa shape index (κ1) is 18.5. The largest absolute Gasteiger partial charge is 0.460 e. The van der Waals surface area contributed by atoms with Gasteiger partial charge in [-0.05, 0) is 39.0 Å². The molecule has 3 aromatic heterocycles. The highest BCUT2D eigenvalue weighted by molar-refractivity contribution is 5.95. The zero-order valence-corrected chi connectivity index (χ0v) is 16.2. The molecule has 0 aliphatic carbocycles. The Kier molecular flexibility index (Phi) is 4.46. The summed E-state index contributed by atoms with van der Waals surface area (Å²) in [7, 11) is 0. The Balaban J connectivity index is 1.88. The maximum absolute atomic E-state index is 12.5. The predicted octanol–water partition coefficient (Wildman–Crippen LogP) is 2.98. The molecule has 8 heteroatoms. The number of ketones is 1. The van der Waals surface area contributed by atoms with Crippen molar-refractivity contribution >= 4 is 5.78 Å². The number of aromatic nitrogens is 4. The van der Waals surface area contributed by atoms with Crippen LogP contribution in [0.15, 0.2) is 50.4 Å².